The Kier molecular flexibility index (Phi) is 5.65. The molecule has 1 spiro atoms. The van der Waals surface area contributed by atoms with Gasteiger partial charge in [0.1, 0.15) is 5.82 Å². The molecule has 1 saturated carbocycles. The molecule has 1 aromatic carbocycles. The maximum atomic E-state index is 14.9. The van der Waals surface area contributed by atoms with Crippen LogP contribution in [0.3, 0.4) is 0 Å². The first kappa shape index (κ1) is 23.1. The Bertz CT molecular complexity index is 1260. The van der Waals surface area contributed by atoms with E-state index in [2.05, 4.69) is 20.3 Å². The number of benzene rings is 1. The van der Waals surface area contributed by atoms with Crippen molar-refractivity contribution in [3.05, 3.63) is 71.7 Å². The van der Waals surface area contributed by atoms with Crippen LogP contribution in [0.5, 0.6) is 0 Å². The molecule has 2 aromatic heterocycles. The lowest BCUT2D eigenvalue weighted by molar-refractivity contribution is -0.138. The van der Waals surface area contributed by atoms with E-state index in [0.717, 1.165) is 12.8 Å². The molecular formula is C24H20F5N5O. The smallest absolute Gasteiger partial charge is 0.366 e. The highest BCUT2D eigenvalue weighted by molar-refractivity contribution is 6.00. The zero-order valence-electron chi connectivity index (χ0n) is 18.3. The molecule has 2 aliphatic rings. The van der Waals surface area contributed by atoms with Crippen LogP contribution < -0.4 is 5.32 Å². The first-order valence-electron chi connectivity index (χ1n) is 11.0. The number of hydrogen-bond acceptors (Lipinski definition) is 5. The largest absolute Gasteiger partial charge is 0.417 e. The number of amides is 1. The minimum atomic E-state index is -4.71. The van der Waals surface area contributed by atoms with Crippen molar-refractivity contribution in [2.75, 3.05) is 18.4 Å². The van der Waals surface area contributed by atoms with Crippen molar-refractivity contribution in [3.8, 4) is 11.4 Å². The van der Waals surface area contributed by atoms with E-state index in [9.17, 15) is 26.7 Å². The van der Waals surface area contributed by atoms with Crippen molar-refractivity contribution in [1.82, 2.24) is 19.9 Å². The molecule has 5 rings (SSSR count). The molecule has 1 atom stereocenters. The Hall–Kier alpha value is -3.63. The van der Waals surface area contributed by atoms with E-state index in [1.165, 1.54) is 24.5 Å². The van der Waals surface area contributed by atoms with Gasteiger partial charge in [-0.1, -0.05) is 12.1 Å². The molecule has 1 aliphatic heterocycles. The summed E-state index contributed by atoms with van der Waals surface area (Å²) in [5.74, 6) is -2.52. The molecule has 35 heavy (non-hydrogen) atoms. The highest BCUT2D eigenvalue weighted by Crippen LogP contribution is 2.55. The highest BCUT2D eigenvalue weighted by atomic mass is 19.4. The van der Waals surface area contributed by atoms with E-state index in [0.29, 0.717) is 25.2 Å². The highest BCUT2D eigenvalue weighted by Gasteiger charge is 2.53. The van der Waals surface area contributed by atoms with E-state index in [1.807, 2.05) is 0 Å². The van der Waals surface area contributed by atoms with Gasteiger partial charge < -0.3 is 10.2 Å². The van der Waals surface area contributed by atoms with Crippen LogP contribution in [0, 0.1) is 17.0 Å². The number of nitrogens with zero attached hydrogens (tertiary/aromatic N) is 4. The Labute approximate surface area is 197 Å². The summed E-state index contributed by atoms with van der Waals surface area (Å²) in [6.45, 7) is 0.457. The number of aromatic nitrogens is 3. The molecule has 0 unspecified atom stereocenters. The number of anilines is 1. The van der Waals surface area contributed by atoms with Gasteiger partial charge in [-0.25, -0.2) is 23.7 Å². The molecule has 1 saturated heterocycles. The van der Waals surface area contributed by atoms with Crippen molar-refractivity contribution in [1.29, 1.82) is 0 Å². The molecular weight excluding hydrogens is 469 g/mol. The topological polar surface area (TPSA) is 71.0 Å². The number of nitrogens with one attached hydrogen (secondary N) is 1. The molecule has 182 valence electrons. The Morgan fingerprint density at radius 1 is 1.09 bits per heavy atom. The second-order valence-corrected chi connectivity index (χ2v) is 8.96. The standard InChI is InChI=1S/C24H20F5N5O/c25-17-4-1-3-16(20-30-7-2-8-31-20)19(17)22(35)34-13-23(5-6-23)10-15(34)12-33-21-18(26)9-14(11-32-21)24(27,28)29/h1-4,7-9,11,15H,5-6,10,12-13H2,(H,32,33)/t15-/m0/s1. The van der Waals surface area contributed by atoms with Gasteiger partial charge in [-0.2, -0.15) is 13.2 Å². The molecule has 1 amide bonds. The summed E-state index contributed by atoms with van der Waals surface area (Å²) in [6.07, 6.45) is 1.26. The number of hydrogen-bond donors (Lipinski definition) is 1. The quantitative estimate of drug-likeness (QED) is 0.514. The maximum Gasteiger partial charge on any atom is 0.417 e. The summed E-state index contributed by atoms with van der Waals surface area (Å²) in [6, 6.07) is 5.79. The third kappa shape index (κ3) is 4.54. The third-order valence-corrected chi connectivity index (χ3v) is 6.54. The summed E-state index contributed by atoms with van der Waals surface area (Å²) in [5.41, 5.74) is -1.16. The van der Waals surface area contributed by atoms with E-state index < -0.39 is 35.3 Å². The van der Waals surface area contributed by atoms with Crippen LogP contribution in [0.2, 0.25) is 0 Å². The van der Waals surface area contributed by atoms with Crippen LogP contribution in [0.4, 0.5) is 27.8 Å². The van der Waals surface area contributed by atoms with E-state index in [4.69, 9.17) is 0 Å². The molecule has 1 N–H and O–H groups in total. The van der Waals surface area contributed by atoms with Crippen LogP contribution in [-0.4, -0.2) is 44.9 Å². The van der Waals surface area contributed by atoms with Crippen LogP contribution in [0.15, 0.2) is 48.9 Å². The molecule has 1 aliphatic carbocycles. The van der Waals surface area contributed by atoms with Gasteiger partial charge in [0.2, 0.25) is 0 Å². The number of carbonyl (C=O) groups excluding carboxylic acids is 1. The Morgan fingerprint density at radius 3 is 2.49 bits per heavy atom. The van der Waals surface area contributed by atoms with E-state index >= 15 is 0 Å². The predicted molar refractivity (Wildman–Crippen MR) is 116 cm³/mol. The SMILES string of the molecule is O=C(c1c(F)cccc1-c1ncccn1)N1CC2(CC2)C[C@H]1CNc1ncc(C(F)(F)F)cc1F. The minimum Gasteiger partial charge on any atom is -0.366 e. The normalized spacial score (nSPS) is 18.7. The fraction of sp³-hybridized carbons (Fsp3) is 0.333. The molecule has 3 aromatic rings. The molecule has 6 nitrogen and oxygen atoms in total. The average molecular weight is 489 g/mol. The Balaban J connectivity index is 1.40. The van der Waals surface area contributed by atoms with Crippen molar-refractivity contribution in [3.63, 3.8) is 0 Å². The first-order valence-corrected chi connectivity index (χ1v) is 11.0. The predicted octanol–water partition coefficient (Wildman–Crippen LogP) is 4.94. The van der Waals surface area contributed by atoms with Crippen LogP contribution in [0.1, 0.15) is 35.2 Å². The zero-order chi connectivity index (χ0) is 24.8. The lowest BCUT2D eigenvalue weighted by Crippen LogP contribution is -2.40. The van der Waals surface area contributed by atoms with Gasteiger partial charge in [0.05, 0.1) is 11.1 Å². The van der Waals surface area contributed by atoms with Crippen LogP contribution in [0.25, 0.3) is 11.4 Å². The van der Waals surface area contributed by atoms with E-state index in [1.54, 1.807) is 17.0 Å². The number of carbonyl (C=O) groups is 1. The van der Waals surface area contributed by atoms with Crippen LogP contribution in [-0.2, 0) is 6.18 Å². The fourth-order valence-corrected chi connectivity index (χ4v) is 4.57. The number of pyridine rings is 1. The van der Waals surface area contributed by atoms with Crippen LogP contribution >= 0.6 is 0 Å². The summed E-state index contributed by atoms with van der Waals surface area (Å²) < 4.78 is 67.6. The Morgan fingerprint density at radius 2 is 1.83 bits per heavy atom. The van der Waals surface area contributed by atoms with Crippen molar-refractivity contribution in [2.45, 2.75) is 31.5 Å². The monoisotopic (exact) mass is 489 g/mol. The summed E-state index contributed by atoms with van der Waals surface area (Å²) >= 11 is 0. The van der Waals surface area contributed by atoms with E-state index in [-0.39, 0.29) is 34.7 Å². The number of halogens is 5. The first-order chi connectivity index (χ1) is 16.7. The summed E-state index contributed by atoms with van der Waals surface area (Å²) in [7, 11) is 0. The number of rotatable bonds is 5. The molecule has 0 bridgehead atoms. The van der Waals surface area contributed by atoms with Gasteiger partial charge in [-0.15, -0.1) is 0 Å². The van der Waals surface area contributed by atoms with Gasteiger partial charge in [0.15, 0.2) is 17.5 Å². The molecule has 11 heteroatoms. The second kappa shape index (κ2) is 8.54. The summed E-state index contributed by atoms with van der Waals surface area (Å²) in [4.78, 5) is 27.0. The third-order valence-electron chi connectivity index (χ3n) is 6.54. The maximum absolute atomic E-state index is 14.9. The second-order valence-electron chi connectivity index (χ2n) is 8.96. The lowest BCUT2D eigenvalue weighted by atomic mass is 10.0. The zero-order valence-corrected chi connectivity index (χ0v) is 18.3. The lowest BCUT2D eigenvalue weighted by Gasteiger charge is -2.26. The van der Waals surface area contributed by atoms with Crippen molar-refractivity contribution in [2.24, 2.45) is 5.41 Å². The van der Waals surface area contributed by atoms with Gasteiger partial charge in [0.25, 0.3) is 5.91 Å². The number of alkyl halides is 3. The van der Waals surface area contributed by atoms with Gasteiger partial charge >= 0.3 is 6.18 Å². The minimum absolute atomic E-state index is 0.0500. The molecule has 3 heterocycles. The van der Waals surface area contributed by atoms with Gasteiger partial charge in [-0.05, 0) is 42.9 Å². The van der Waals surface area contributed by atoms with Gasteiger partial charge in [0, 0.05) is 43.3 Å². The van der Waals surface area contributed by atoms with Crippen molar-refractivity contribution < 1.29 is 26.7 Å². The van der Waals surface area contributed by atoms with Crippen molar-refractivity contribution >= 4 is 11.7 Å². The molecule has 0 radical (unpaired) electrons. The van der Waals surface area contributed by atoms with Gasteiger partial charge in [-0.3, -0.25) is 4.79 Å². The average Bonchev–Trinajstić information content (AvgIpc) is 3.48. The fourth-order valence-electron chi connectivity index (χ4n) is 4.57. The summed E-state index contributed by atoms with van der Waals surface area (Å²) in [5, 5.41) is 2.73. The molecule has 2 fully saturated rings. The number of likely N-dealkylation sites (tertiary alicyclic amines) is 1.